The maximum Gasteiger partial charge on any atom is 0.174 e. The molecule has 0 unspecified atom stereocenters. The molecule has 0 spiro atoms. The number of ether oxygens (including phenoxy) is 2. The molecule has 0 aliphatic carbocycles. The van der Waals surface area contributed by atoms with Gasteiger partial charge in [0.2, 0.25) is 0 Å². The zero-order valence-corrected chi connectivity index (χ0v) is 21.6. The van der Waals surface area contributed by atoms with Crippen molar-refractivity contribution < 1.29 is 9.47 Å². The van der Waals surface area contributed by atoms with E-state index in [1.165, 1.54) is 11.3 Å². The Kier molecular flexibility index (Phi) is 6.64. The average molecular weight is 511 g/mol. The Balaban J connectivity index is 1.33. The molecule has 0 amide bonds. The van der Waals surface area contributed by atoms with Crippen molar-refractivity contribution in [2.24, 2.45) is 0 Å². The third-order valence-electron chi connectivity index (χ3n) is 7.06. The van der Waals surface area contributed by atoms with Crippen LogP contribution in [0.25, 0.3) is 0 Å². The van der Waals surface area contributed by atoms with Crippen molar-refractivity contribution in [3.8, 4) is 11.5 Å². The van der Waals surface area contributed by atoms with Crippen molar-refractivity contribution in [1.82, 2.24) is 14.9 Å². The van der Waals surface area contributed by atoms with Crippen LogP contribution < -0.4 is 15.0 Å². The third-order valence-corrected chi connectivity index (χ3v) is 7.38. The molecule has 0 saturated carbocycles. The maximum absolute atomic E-state index is 6.07. The van der Waals surface area contributed by atoms with Crippen LogP contribution in [0.1, 0.15) is 41.9 Å². The largest absolute Gasteiger partial charge is 0.457 e. The molecule has 2 aliphatic rings. The summed E-state index contributed by atoms with van der Waals surface area (Å²) < 4.78 is 14.3. The van der Waals surface area contributed by atoms with E-state index in [0.717, 1.165) is 48.9 Å². The smallest absolute Gasteiger partial charge is 0.174 e. The van der Waals surface area contributed by atoms with E-state index >= 15 is 0 Å². The van der Waals surface area contributed by atoms with Gasteiger partial charge in [-0.15, -0.1) is 0 Å². The number of anilines is 1. The summed E-state index contributed by atoms with van der Waals surface area (Å²) in [5.74, 6) is 1.60. The van der Waals surface area contributed by atoms with E-state index in [1.807, 2.05) is 54.7 Å². The number of hydrogen-bond donors (Lipinski definition) is 1. The second-order valence-corrected chi connectivity index (χ2v) is 10.0. The highest BCUT2D eigenvalue weighted by Crippen LogP contribution is 2.42. The van der Waals surface area contributed by atoms with Gasteiger partial charge in [0.05, 0.1) is 17.8 Å². The Morgan fingerprint density at radius 3 is 2.49 bits per heavy atom. The molecule has 0 radical (unpaired) electrons. The summed E-state index contributed by atoms with van der Waals surface area (Å²) in [6, 6.07) is 26.4. The molecule has 2 aromatic carbocycles. The summed E-state index contributed by atoms with van der Waals surface area (Å²) in [6.07, 6.45) is 6.44. The lowest BCUT2D eigenvalue weighted by atomic mass is 10.0. The molecule has 6 nitrogen and oxygen atoms in total. The van der Waals surface area contributed by atoms with E-state index in [-0.39, 0.29) is 18.2 Å². The first-order valence-electron chi connectivity index (χ1n) is 12.8. The van der Waals surface area contributed by atoms with Crippen LogP contribution in [0.4, 0.5) is 5.69 Å². The number of nitrogens with one attached hydrogen (secondary N) is 1. The molecule has 1 N–H and O–H groups in total. The lowest BCUT2D eigenvalue weighted by molar-refractivity contribution is 0.0961. The number of rotatable bonds is 7. The molecule has 188 valence electrons. The highest BCUT2D eigenvalue weighted by molar-refractivity contribution is 7.80. The van der Waals surface area contributed by atoms with Crippen LogP contribution in [0.15, 0.2) is 91.3 Å². The molecular formula is C30H30N4O2S. The van der Waals surface area contributed by atoms with Crippen LogP contribution in [0.2, 0.25) is 0 Å². The van der Waals surface area contributed by atoms with Crippen molar-refractivity contribution in [3.63, 3.8) is 0 Å². The third kappa shape index (κ3) is 4.97. The molecule has 0 bridgehead atoms. The Hall–Kier alpha value is -3.68. The first kappa shape index (κ1) is 23.7. The van der Waals surface area contributed by atoms with Crippen molar-refractivity contribution in [2.45, 2.75) is 44.5 Å². The Labute approximate surface area is 222 Å². The summed E-state index contributed by atoms with van der Waals surface area (Å²) in [4.78, 5) is 6.88. The molecule has 7 heteroatoms. The first-order valence-corrected chi connectivity index (χ1v) is 13.2. The second-order valence-electron chi connectivity index (χ2n) is 9.63. The summed E-state index contributed by atoms with van der Waals surface area (Å²) in [5.41, 5.74) is 4.34. The highest BCUT2D eigenvalue weighted by Gasteiger charge is 2.42. The number of thiocarbonyl (C=S) groups is 1. The minimum Gasteiger partial charge on any atom is -0.457 e. The maximum atomic E-state index is 6.07. The molecule has 4 aromatic rings. The molecule has 4 heterocycles. The number of aryl methyl sites for hydroxylation is 1. The van der Waals surface area contributed by atoms with Crippen molar-refractivity contribution in [1.29, 1.82) is 0 Å². The molecule has 2 saturated heterocycles. The molecule has 37 heavy (non-hydrogen) atoms. The number of pyridine rings is 1. The van der Waals surface area contributed by atoms with Crippen LogP contribution >= 0.6 is 12.2 Å². The monoisotopic (exact) mass is 510 g/mol. The zero-order valence-electron chi connectivity index (χ0n) is 20.8. The van der Waals surface area contributed by atoms with Crippen LogP contribution in [0.5, 0.6) is 11.5 Å². The van der Waals surface area contributed by atoms with E-state index in [4.69, 9.17) is 21.7 Å². The van der Waals surface area contributed by atoms with E-state index in [9.17, 15) is 0 Å². The van der Waals surface area contributed by atoms with Crippen molar-refractivity contribution in [3.05, 3.63) is 108 Å². The summed E-state index contributed by atoms with van der Waals surface area (Å²) in [7, 11) is 0. The topological polar surface area (TPSA) is 51.5 Å². The molecule has 2 aliphatic heterocycles. The van der Waals surface area contributed by atoms with Crippen LogP contribution in [-0.4, -0.2) is 27.4 Å². The van der Waals surface area contributed by atoms with Crippen LogP contribution in [0, 0.1) is 6.92 Å². The van der Waals surface area contributed by atoms with Gasteiger partial charge >= 0.3 is 0 Å². The molecule has 2 fully saturated rings. The lowest BCUT2D eigenvalue weighted by Gasteiger charge is -2.29. The Morgan fingerprint density at radius 2 is 1.78 bits per heavy atom. The standard InChI is InChI=1S/C30H30N4O2S/c1-21-9-13-23(14-10-21)36-24-15-11-22(12-16-24)34-29(28(32-30(34)37)26-7-2-3-17-31-26)27-8-4-18-33(27)20-25-6-5-19-35-25/h2-4,7-18,25,28-29H,5-6,19-20H2,1H3,(H,32,37)/t25-,28-,29-/m0/s1. The quantitative estimate of drug-likeness (QED) is 0.293. The van der Waals surface area contributed by atoms with Crippen molar-refractivity contribution in [2.75, 3.05) is 11.5 Å². The fraction of sp³-hybridized carbons (Fsp3) is 0.267. The minimum absolute atomic E-state index is 0.0670. The average Bonchev–Trinajstić information content (AvgIpc) is 3.67. The highest BCUT2D eigenvalue weighted by atomic mass is 32.1. The van der Waals surface area contributed by atoms with Gasteiger partial charge in [0, 0.05) is 36.9 Å². The van der Waals surface area contributed by atoms with Gasteiger partial charge in [-0.25, -0.2) is 0 Å². The fourth-order valence-electron chi connectivity index (χ4n) is 5.22. The zero-order chi connectivity index (χ0) is 25.2. The number of benzene rings is 2. The number of aromatic nitrogens is 2. The summed E-state index contributed by atoms with van der Waals surface area (Å²) in [5, 5.41) is 4.24. The predicted molar refractivity (Wildman–Crippen MR) is 149 cm³/mol. The van der Waals surface area contributed by atoms with Gasteiger partial charge in [-0.05, 0) is 92.6 Å². The van der Waals surface area contributed by atoms with Crippen LogP contribution in [0.3, 0.4) is 0 Å². The van der Waals surface area contributed by atoms with E-state index in [2.05, 4.69) is 63.2 Å². The van der Waals surface area contributed by atoms with Gasteiger partial charge in [0.1, 0.15) is 17.5 Å². The van der Waals surface area contributed by atoms with E-state index in [0.29, 0.717) is 5.11 Å². The molecule has 3 atom stereocenters. The lowest BCUT2D eigenvalue weighted by Crippen LogP contribution is -2.31. The molecule has 6 rings (SSSR count). The summed E-state index contributed by atoms with van der Waals surface area (Å²) in [6.45, 7) is 3.74. The minimum atomic E-state index is -0.0877. The van der Waals surface area contributed by atoms with E-state index in [1.54, 1.807) is 0 Å². The first-order chi connectivity index (χ1) is 18.2. The number of hydrogen-bond acceptors (Lipinski definition) is 4. The van der Waals surface area contributed by atoms with Gasteiger partial charge in [0.25, 0.3) is 0 Å². The Morgan fingerprint density at radius 1 is 1.00 bits per heavy atom. The van der Waals surface area contributed by atoms with Gasteiger partial charge in [-0.1, -0.05) is 23.8 Å². The van der Waals surface area contributed by atoms with Crippen LogP contribution in [-0.2, 0) is 11.3 Å². The number of nitrogens with zero attached hydrogens (tertiary/aromatic N) is 3. The van der Waals surface area contributed by atoms with Crippen molar-refractivity contribution >= 4 is 23.0 Å². The summed E-state index contributed by atoms with van der Waals surface area (Å²) >= 11 is 5.91. The SMILES string of the molecule is Cc1ccc(Oc2ccc(N3C(=S)N[C@@H](c4ccccn4)[C@@H]3c3cccn3C[C@@H]3CCCO3)cc2)cc1. The Bertz CT molecular complexity index is 1350. The fourth-order valence-corrected chi connectivity index (χ4v) is 5.57. The van der Waals surface area contributed by atoms with Gasteiger partial charge in [0.15, 0.2) is 5.11 Å². The molecular weight excluding hydrogens is 480 g/mol. The molecule has 2 aromatic heterocycles. The van der Waals surface area contributed by atoms with Gasteiger partial charge < -0.3 is 24.3 Å². The normalized spacial score (nSPS) is 21.3. The van der Waals surface area contributed by atoms with Gasteiger partial charge in [-0.3, -0.25) is 4.98 Å². The van der Waals surface area contributed by atoms with Gasteiger partial charge in [-0.2, -0.15) is 0 Å². The second kappa shape index (κ2) is 10.4. The predicted octanol–water partition coefficient (Wildman–Crippen LogP) is 6.34. The van der Waals surface area contributed by atoms with E-state index < -0.39 is 0 Å².